The molecule has 6 heteroatoms. The number of oxazole rings is 1. The molecule has 0 aliphatic heterocycles. The number of carboxylic acid groups (broad SMARTS) is 1. The Morgan fingerprint density at radius 1 is 1.67 bits per heavy atom. The molecule has 0 aliphatic rings. The van der Waals surface area contributed by atoms with E-state index in [1.165, 1.54) is 6.92 Å². The fraction of sp³-hybridized carbons (Fsp3) is 0.222. The number of rotatable bonds is 3. The molecule has 0 spiro atoms. The summed E-state index contributed by atoms with van der Waals surface area (Å²) in [4.78, 5) is 18.5. The first-order chi connectivity index (χ1) is 7.16. The summed E-state index contributed by atoms with van der Waals surface area (Å²) in [6, 6.07) is 2.88. The van der Waals surface area contributed by atoms with E-state index in [-0.39, 0.29) is 6.01 Å². The molecular weight excluding hydrogens is 198 g/mol. The number of carboxylic acids is 1. The van der Waals surface area contributed by atoms with E-state index in [0.29, 0.717) is 11.2 Å². The third kappa shape index (κ3) is 1.88. The van der Waals surface area contributed by atoms with Crippen LogP contribution in [-0.2, 0) is 4.79 Å². The first-order valence-corrected chi connectivity index (χ1v) is 4.38. The topological polar surface area (TPSA) is 88.3 Å². The smallest absolute Gasteiger partial charge is 0.325 e. The second-order valence-corrected chi connectivity index (χ2v) is 3.05. The zero-order valence-electron chi connectivity index (χ0n) is 7.97. The number of hydrogen-bond donors (Lipinski definition) is 2. The van der Waals surface area contributed by atoms with Crippen molar-refractivity contribution in [1.29, 1.82) is 0 Å². The van der Waals surface area contributed by atoms with Gasteiger partial charge in [0, 0.05) is 6.20 Å². The van der Waals surface area contributed by atoms with Gasteiger partial charge in [-0.05, 0) is 19.1 Å². The van der Waals surface area contributed by atoms with E-state index in [1.807, 2.05) is 0 Å². The first-order valence-electron chi connectivity index (χ1n) is 4.38. The van der Waals surface area contributed by atoms with Crippen LogP contribution in [0.15, 0.2) is 22.7 Å². The van der Waals surface area contributed by atoms with Crippen LogP contribution in [0.5, 0.6) is 0 Å². The van der Waals surface area contributed by atoms with Crippen LogP contribution in [0, 0.1) is 0 Å². The summed E-state index contributed by atoms with van der Waals surface area (Å²) >= 11 is 0. The van der Waals surface area contributed by atoms with Crippen LogP contribution in [0.3, 0.4) is 0 Å². The quantitative estimate of drug-likeness (QED) is 0.783. The van der Waals surface area contributed by atoms with Crippen LogP contribution < -0.4 is 5.32 Å². The molecule has 2 N–H and O–H groups in total. The molecule has 0 bridgehead atoms. The van der Waals surface area contributed by atoms with Gasteiger partial charge in [0.05, 0.1) is 0 Å². The lowest BCUT2D eigenvalue weighted by molar-refractivity contribution is -0.137. The molecule has 0 amide bonds. The first kappa shape index (κ1) is 9.45. The number of pyridine rings is 1. The average molecular weight is 207 g/mol. The van der Waals surface area contributed by atoms with Crippen molar-refractivity contribution in [2.24, 2.45) is 0 Å². The van der Waals surface area contributed by atoms with Gasteiger partial charge >= 0.3 is 5.97 Å². The van der Waals surface area contributed by atoms with Crippen LogP contribution in [0.25, 0.3) is 11.2 Å². The Morgan fingerprint density at radius 2 is 2.47 bits per heavy atom. The van der Waals surface area contributed by atoms with Crippen molar-refractivity contribution in [3.05, 3.63) is 18.3 Å². The minimum atomic E-state index is -0.967. The standard InChI is InChI=1S/C9H9N3O3/c1-5(8(13)14)11-9-12-6-3-2-4-10-7(6)15-9/h2-5H,1H3,(H,11,12)(H,13,14). The largest absolute Gasteiger partial charge is 0.480 e. The zero-order chi connectivity index (χ0) is 10.8. The minimum Gasteiger partial charge on any atom is -0.480 e. The second-order valence-electron chi connectivity index (χ2n) is 3.05. The predicted octanol–water partition coefficient (Wildman–Crippen LogP) is 1.11. The van der Waals surface area contributed by atoms with Gasteiger partial charge in [0.1, 0.15) is 11.6 Å². The molecule has 1 atom stereocenters. The molecule has 2 aromatic heterocycles. The number of anilines is 1. The Hall–Kier alpha value is -2.11. The van der Waals surface area contributed by atoms with E-state index in [1.54, 1.807) is 18.3 Å². The highest BCUT2D eigenvalue weighted by Crippen LogP contribution is 2.16. The van der Waals surface area contributed by atoms with E-state index >= 15 is 0 Å². The van der Waals surface area contributed by atoms with Gasteiger partial charge in [0.15, 0.2) is 0 Å². The van der Waals surface area contributed by atoms with Gasteiger partial charge in [-0.1, -0.05) is 0 Å². The van der Waals surface area contributed by atoms with Gasteiger partial charge < -0.3 is 14.8 Å². The van der Waals surface area contributed by atoms with Gasteiger partial charge in [-0.3, -0.25) is 4.79 Å². The lowest BCUT2D eigenvalue weighted by Gasteiger charge is -2.04. The van der Waals surface area contributed by atoms with Crippen molar-refractivity contribution in [2.75, 3.05) is 5.32 Å². The van der Waals surface area contributed by atoms with Crippen molar-refractivity contribution >= 4 is 23.2 Å². The maximum Gasteiger partial charge on any atom is 0.325 e. The normalized spacial score (nSPS) is 12.6. The third-order valence-electron chi connectivity index (χ3n) is 1.88. The summed E-state index contributed by atoms with van der Waals surface area (Å²) < 4.78 is 5.19. The molecule has 2 heterocycles. The number of nitrogens with zero attached hydrogens (tertiary/aromatic N) is 2. The van der Waals surface area contributed by atoms with Crippen LogP contribution >= 0.6 is 0 Å². The van der Waals surface area contributed by atoms with Gasteiger partial charge in [0.2, 0.25) is 5.71 Å². The lowest BCUT2D eigenvalue weighted by Crippen LogP contribution is -2.25. The molecule has 78 valence electrons. The highest BCUT2D eigenvalue weighted by atomic mass is 16.4. The summed E-state index contributed by atoms with van der Waals surface area (Å²) in [6.45, 7) is 1.50. The highest BCUT2D eigenvalue weighted by Gasteiger charge is 2.14. The van der Waals surface area contributed by atoms with Crippen molar-refractivity contribution in [1.82, 2.24) is 9.97 Å². The zero-order valence-corrected chi connectivity index (χ0v) is 7.97. The Morgan fingerprint density at radius 3 is 3.13 bits per heavy atom. The molecule has 15 heavy (non-hydrogen) atoms. The van der Waals surface area contributed by atoms with Gasteiger partial charge in [-0.15, -0.1) is 0 Å². The Labute approximate surface area is 84.9 Å². The van der Waals surface area contributed by atoms with Crippen molar-refractivity contribution in [3.63, 3.8) is 0 Å². The van der Waals surface area contributed by atoms with Crippen molar-refractivity contribution in [3.8, 4) is 0 Å². The number of aromatic nitrogens is 2. The Kier molecular flexibility index (Phi) is 2.24. The summed E-state index contributed by atoms with van der Waals surface area (Å²) in [5.74, 6) is -0.967. The maximum absolute atomic E-state index is 10.6. The molecule has 0 fully saturated rings. The molecule has 0 radical (unpaired) electrons. The molecule has 6 nitrogen and oxygen atoms in total. The Balaban J connectivity index is 2.26. The number of hydrogen-bond acceptors (Lipinski definition) is 5. The van der Waals surface area contributed by atoms with Gasteiger partial charge in [-0.25, -0.2) is 4.98 Å². The molecule has 2 aromatic rings. The highest BCUT2D eigenvalue weighted by molar-refractivity contribution is 5.77. The van der Waals surface area contributed by atoms with Crippen molar-refractivity contribution < 1.29 is 14.3 Å². The van der Waals surface area contributed by atoms with Crippen LogP contribution in [0.4, 0.5) is 6.01 Å². The molecule has 2 rings (SSSR count). The predicted molar refractivity (Wildman–Crippen MR) is 52.5 cm³/mol. The minimum absolute atomic E-state index is 0.165. The van der Waals surface area contributed by atoms with Gasteiger partial charge in [-0.2, -0.15) is 4.98 Å². The van der Waals surface area contributed by atoms with Crippen LogP contribution in [-0.4, -0.2) is 27.1 Å². The summed E-state index contributed by atoms with van der Waals surface area (Å²) in [5, 5.41) is 11.3. The molecule has 0 saturated heterocycles. The van der Waals surface area contributed by atoms with E-state index < -0.39 is 12.0 Å². The van der Waals surface area contributed by atoms with E-state index in [0.717, 1.165) is 0 Å². The number of fused-ring (bicyclic) bond motifs is 1. The van der Waals surface area contributed by atoms with Crippen LogP contribution in [0.2, 0.25) is 0 Å². The monoisotopic (exact) mass is 207 g/mol. The van der Waals surface area contributed by atoms with Crippen LogP contribution in [0.1, 0.15) is 6.92 Å². The second kappa shape index (κ2) is 3.56. The summed E-state index contributed by atoms with van der Waals surface area (Å²) in [6.07, 6.45) is 1.58. The number of nitrogens with one attached hydrogen (secondary N) is 1. The van der Waals surface area contributed by atoms with Gasteiger partial charge in [0.25, 0.3) is 6.01 Å². The third-order valence-corrected chi connectivity index (χ3v) is 1.88. The Bertz CT molecular complexity index is 461. The fourth-order valence-electron chi connectivity index (χ4n) is 1.08. The maximum atomic E-state index is 10.6. The molecule has 1 unspecified atom stereocenters. The molecular formula is C9H9N3O3. The van der Waals surface area contributed by atoms with Crippen molar-refractivity contribution in [2.45, 2.75) is 13.0 Å². The lowest BCUT2D eigenvalue weighted by atomic mass is 10.3. The number of aliphatic carboxylic acids is 1. The molecule has 0 aliphatic carbocycles. The summed E-state index contributed by atoms with van der Waals surface area (Å²) in [7, 11) is 0. The SMILES string of the molecule is CC(Nc1nc2cccnc2o1)C(=O)O. The molecule has 0 saturated carbocycles. The number of carbonyl (C=O) groups is 1. The van der Waals surface area contributed by atoms with E-state index in [9.17, 15) is 4.79 Å². The van der Waals surface area contributed by atoms with E-state index in [2.05, 4.69) is 15.3 Å². The average Bonchev–Trinajstić information content (AvgIpc) is 2.59. The summed E-state index contributed by atoms with van der Waals surface area (Å²) in [5.41, 5.74) is 0.982. The fourth-order valence-corrected chi connectivity index (χ4v) is 1.08. The van der Waals surface area contributed by atoms with E-state index in [4.69, 9.17) is 9.52 Å². The molecule has 0 aromatic carbocycles.